The van der Waals surface area contributed by atoms with Crippen LogP contribution < -0.4 is 0 Å². The lowest BCUT2D eigenvalue weighted by atomic mass is 10.5. The molecule has 0 spiro atoms. The highest BCUT2D eigenvalue weighted by Gasteiger charge is 2.18. The van der Waals surface area contributed by atoms with E-state index in [2.05, 4.69) is 9.97 Å². The molecule has 0 radical (unpaired) electrons. The monoisotopic (exact) mass is 256 g/mol. The Bertz CT molecular complexity index is 427. The molecule has 0 aromatic carbocycles. The van der Waals surface area contributed by atoms with Gasteiger partial charge in [-0.1, -0.05) is 0 Å². The van der Waals surface area contributed by atoms with E-state index in [0.29, 0.717) is 5.82 Å². The maximum Gasteiger partial charge on any atom is 0.511 e. The van der Waals surface area contributed by atoms with E-state index in [1.807, 2.05) is 0 Å². The molecule has 1 aromatic rings. The van der Waals surface area contributed by atoms with E-state index in [9.17, 15) is 9.59 Å². The Morgan fingerprint density at radius 1 is 1.22 bits per heavy atom. The third-order valence-corrected chi connectivity index (χ3v) is 1.79. The van der Waals surface area contributed by atoms with Crippen LogP contribution in [0.4, 0.5) is 4.79 Å². The molecule has 7 heteroatoms. The average Bonchev–Trinajstić information content (AvgIpc) is 2.62. The summed E-state index contributed by atoms with van der Waals surface area (Å²) in [7, 11) is 0. The van der Waals surface area contributed by atoms with Crippen molar-refractivity contribution in [1.82, 2.24) is 9.97 Å². The van der Waals surface area contributed by atoms with Gasteiger partial charge in [-0.2, -0.15) is 0 Å². The summed E-state index contributed by atoms with van der Waals surface area (Å²) < 4.78 is 14.3. The van der Waals surface area contributed by atoms with E-state index < -0.39 is 18.4 Å². The number of imidazole rings is 1. The molecular formula is C11H16N2O5. The van der Waals surface area contributed by atoms with Gasteiger partial charge in [0.25, 0.3) is 0 Å². The van der Waals surface area contributed by atoms with Gasteiger partial charge in [-0.3, -0.25) is 0 Å². The van der Waals surface area contributed by atoms with Crippen LogP contribution in [-0.4, -0.2) is 34.5 Å². The summed E-state index contributed by atoms with van der Waals surface area (Å²) >= 11 is 0. The molecule has 1 rings (SSSR count). The summed E-state index contributed by atoms with van der Waals surface area (Å²) in [4.78, 5) is 29.2. The molecule has 0 saturated carbocycles. The number of carbonyl (C=O) groups excluding carboxylic acids is 2. The van der Waals surface area contributed by atoms with E-state index in [1.54, 1.807) is 20.8 Å². The molecular weight excluding hydrogens is 240 g/mol. The van der Waals surface area contributed by atoms with Crippen LogP contribution in [-0.2, 0) is 14.2 Å². The molecule has 1 heterocycles. The molecule has 0 aliphatic heterocycles. The minimum Gasteiger partial charge on any atom is -0.431 e. The van der Waals surface area contributed by atoms with Gasteiger partial charge in [-0.05, 0) is 20.8 Å². The number of hydrogen-bond acceptors (Lipinski definition) is 6. The lowest BCUT2D eigenvalue weighted by molar-refractivity contribution is -0.0868. The van der Waals surface area contributed by atoms with Crippen molar-refractivity contribution < 1.29 is 23.8 Å². The Balaban J connectivity index is 2.42. The second kappa shape index (κ2) is 6.04. The maximum absolute atomic E-state index is 11.5. The minimum absolute atomic E-state index is 0.195. The number of aryl methyl sites for hydroxylation is 1. The van der Waals surface area contributed by atoms with Gasteiger partial charge in [0.2, 0.25) is 6.29 Å². The van der Waals surface area contributed by atoms with Crippen molar-refractivity contribution in [3.63, 3.8) is 0 Å². The number of ether oxygens (including phenoxy) is 3. The predicted molar refractivity (Wildman–Crippen MR) is 60.9 cm³/mol. The molecule has 0 aliphatic carbocycles. The van der Waals surface area contributed by atoms with Crippen LogP contribution in [0.1, 0.15) is 37.1 Å². The molecule has 1 unspecified atom stereocenters. The number of H-pyrrole nitrogens is 1. The molecule has 100 valence electrons. The number of aromatic amines is 1. The summed E-state index contributed by atoms with van der Waals surface area (Å²) in [6, 6.07) is 0. The number of hydrogen-bond donors (Lipinski definition) is 1. The van der Waals surface area contributed by atoms with Gasteiger partial charge < -0.3 is 19.2 Å². The number of aromatic nitrogens is 2. The van der Waals surface area contributed by atoms with Crippen molar-refractivity contribution in [2.75, 3.05) is 0 Å². The third kappa shape index (κ3) is 4.44. The Morgan fingerprint density at radius 2 is 1.89 bits per heavy atom. The van der Waals surface area contributed by atoms with Crippen molar-refractivity contribution >= 4 is 12.1 Å². The summed E-state index contributed by atoms with van der Waals surface area (Å²) in [5, 5.41) is 0. The van der Waals surface area contributed by atoms with Crippen LogP contribution in [0.3, 0.4) is 0 Å². The van der Waals surface area contributed by atoms with Gasteiger partial charge >= 0.3 is 12.1 Å². The van der Waals surface area contributed by atoms with Crippen molar-refractivity contribution in [3.8, 4) is 0 Å². The van der Waals surface area contributed by atoms with Gasteiger partial charge in [0.1, 0.15) is 11.5 Å². The van der Waals surface area contributed by atoms with Crippen molar-refractivity contribution in [3.05, 3.63) is 17.7 Å². The molecule has 18 heavy (non-hydrogen) atoms. The zero-order valence-electron chi connectivity index (χ0n) is 10.7. The molecule has 1 N–H and O–H groups in total. The second-order valence-corrected chi connectivity index (χ2v) is 3.89. The zero-order valence-corrected chi connectivity index (χ0v) is 10.7. The first-order valence-electron chi connectivity index (χ1n) is 5.48. The molecule has 1 aromatic heterocycles. The van der Waals surface area contributed by atoms with Crippen LogP contribution in [0.5, 0.6) is 0 Å². The molecule has 0 aliphatic rings. The number of rotatable bonds is 4. The van der Waals surface area contributed by atoms with Gasteiger partial charge in [-0.15, -0.1) is 0 Å². The van der Waals surface area contributed by atoms with E-state index >= 15 is 0 Å². The smallest absolute Gasteiger partial charge is 0.431 e. The minimum atomic E-state index is -1.03. The SMILES string of the molecule is Cc1ncc(C(=O)OC(C)OC(=O)OC(C)C)[nH]1. The van der Waals surface area contributed by atoms with Crippen molar-refractivity contribution in [1.29, 1.82) is 0 Å². The molecule has 0 amide bonds. The normalized spacial score (nSPS) is 12.1. The van der Waals surface area contributed by atoms with Crippen LogP contribution in [0.2, 0.25) is 0 Å². The summed E-state index contributed by atoms with van der Waals surface area (Å²) in [6.45, 7) is 6.50. The Kier molecular flexibility index (Phi) is 4.70. The Morgan fingerprint density at radius 3 is 2.39 bits per heavy atom. The van der Waals surface area contributed by atoms with E-state index in [-0.39, 0.29) is 11.8 Å². The molecule has 7 nitrogen and oxygen atoms in total. The van der Waals surface area contributed by atoms with Gasteiger partial charge in [0, 0.05) is 6.92 Å². The fourth-order valence-corrected chi connectivity index (χ4v) is 1.12. The van der Waals surface area contributed by atoms with Crippen molar-refractivity contribution in [2.45, 2.75) is 40.1 Å². The number of carbonyl (C=O) groups is 2. The summed E-state index contributed by atoms with van der Waals surface area (Å²) in [5.41, 5.74) is 0.195. The van der Waals surface area contributed by atoms with E-state index in [1.165, 1.54) is 13.1 Å². The highest BCUT2D eigenvalue weighted by atomic mass is 16.8. The van der Waals surface area contributed by atoms with Crippen LogP contribution in [0.15, 0.2) is 6.20 Å². The summed E-state index contributed by atoms with van der Waals surface area (Å²) in [6.07, 6.45) is -0.870. The number of nitrogens with zero attached hydrogens (tertiary/aromatic N) is 1. The average molecular weight is 256 g/mol. The quantitative estimate of drug-likeness (QED) is 0.652. The topological polar surface area (TPSA) is 90.5 Å². The number of esters is 1. The third-order valence-electron chi connectivity index (χ3n) is 1.79. The van der Waals surface area contributed by atoms with Crippen LogP contribution in [0, 0.1) is 6.92 Å². The van der Waals surface area contributed by atoms with Crippen LogP contribution >= 0.6 is 0 Å². The lowest BCUT2D eigenvalue weighted by Gasteiger charge is -2.14. The molecule has 0 bridgehead atoms. The number of nitrogens with one attached hydrogen (secondary N) is 1. The summed E-state index contributed by atoms with van der Waals surface area (Å²) in [5.74, 6) is -0.0600. The molecule has 1 atom stereocenters. The first-order valence-corrected chi connectivity index (χ1v) is 5.48. The largest absolute Gasteiger partial charge is 0.511 e. The highest BCUT2D eigenvalue weighted by Crippen LogP contribution is 2.04. The zero-order chi connectivity index (χ0) is 13.7. The maximum atomic E-state index is 11.5. The highest BCUT2D eigenvalue weighted by molar-refractivity contribution is 5.87. The molecule has 0 fully saturated rings. The van der Waals surface area contributed by atoms with Gasteiger partial charge in [0.05, 0.1) is 12.3 Å². The lowest BCUT2D eigenvalue weighted by Crippen LogP contribution is -2.24. The van der Waals surface area contributed by atoms with E-state index in [0.717, 1.165) is 0 Å². The van der Waals surface area contributed by atoms with E-state index in [4.69, 9.17) is 14.2 Å². The Labute approximate surface area is 104 Å². The Hall–Kier alpha value is -2.05. The first kappa shape index (κ1) is 14.0. The van der Waals surface area contributed by atoms with Gasteiger partial charge in [-0.25, -0.2) is 14.6 Å². The predicted octanol–water partition coefficient (Wildman–Crippen LogP) is 1.78. The van der Waals surface area contributed by atoms with Crippen LogP contribution in [0.25, 0.3) is 0 Å². The van der Waals surface area contributed by atoms with Crippen molar-refractivity contribution in [2.24, 2.45) is 0 Å². The first-order chi connectivity index (χ1) is 8.38. The molecule has 0 saturated heterocycles. The van der Waals surface area contributed by atoms with Gasteiger partial charge in [0.15, 0.2) is 0 Å². The standard InChI is InChI=1S/C11H16N2O5/c1-6(2)16-11(15)18-8(4)17-10(14)9-5-12-7(3)13-9/h5-6,8H,1-4H3,(H,12,13). The second-order valence-electron chi connectivity index (χ2n) is 3.89. The fraction of sp³-hybridized carbons (Fsp3) is 0.545. The fourth-order valence-electron chi connectivity index (χ4n) is 1.12.